The molecule has 10 aromatic rings. The Morgan fingerprint density at radius 1 is 0.220 bits per heavy atom. The van der Waals surface area contributed by atoms with Crippen LogP contribution in [0.25, 0.3) is 99.5 Å². The first-order valence-corrected chi connectivity index (χ1v) is 17.3. The van der Waals surface area contributed by atoms with Gasteiger partial charge in [-0.15, -0.1) is 0 Å². The van der Waals surface area contributed by atoms with E-state index in [0.717, 1.165) is 11.4 Å². The Hall–Kier alpha value is -6.64. The summed E-state index contributed by atoms with van der Waals surface area (Å²) < 4.78 is 4.88. The van der Waals surface area contributed by atoms with Crippen molar-refractivity contribution in [2.24, 2.45) is 0 Å². The molecule has 11 rings (SSSR count). The third kappa shape index (κ3) is 3.79. The Morgan fingerprint density at radius 2 is 0.620 bits per heavy atom. The normalized spacial score (nSPS) is 12.0. The van der Waals surface area contributed by atoms with Gasteiger partial charge >= 0.3 is 0 Å². The number of rotatable bonds is 2. The molecule has 2 heteroatoms. The second-order valence-corrected chi connectivity index (χ2v) is 13.3. The van der Waals surface area contributed by atoms with Crippen molar-refractivity contribution >= 4 is 43.6 Å². The Balaban J connectivity index is 1.25. The van der Waals surface area contributed by atoms with Gasteiger partial charge in [-0.2, -0.15) is 0 Å². The molecule has 0 aliphatic heterocycles. The number of fused-ring (bicyclic) bond motifs is 14. The van der Waals surface area contributed by atoms with Crippen molar-refractivity contribution in [2.75, 3.05) is 0 Å². The molecular formula is C48H30N2. The second-order valence-electron chi connectivity index (χ2n) is 13.3. The molecule has 0 spiro atoms. The zero-order valence-electron chi connectivity index (χ0n) is 27.2. The lowest BCUT2D eigenvalue weighted by molar-refractivity contribution is 1.16. The maximum Gasteiger partial charge on any atom is 0.0562 e. The van der Waals surface area contributed by atoms with Crippen molar-refractivity contribution in [2.45, 2.75) is 0 Å². The van der Waals surface area contributed by atoms with Gasteiger partial charge in [0.05, 0.1) is 22.1 Å². The van der Waals surface area contributed by atoms with Crippen molar-refractivity contribution < 1.29 is 0 Å². The fourth-order valence-electron chi connectivity index (χ4n) is 8.55. The molecule has 0 amide bonds. The topological polar surface area (TPSA) is 9.86 Å². The van der Waals surface area contributed by atoms with Crippen LogP contribution in [-0.2, 0) is 0 Å². The minimum absolute atomic E-state index is 1.15. The highest BCUT2D eigenvalue weighted by molar-refractivity contribution is 6.19. The lowest BCUT2D eigenvalue weighted by atomic mass is 9.81. The van der Waals surface area contributed by atoms with E-state index in [1.165, 1.54) is 88.1 Å². The Morgan fingerprint density at radius 3 is 1.14 bits per heavy atom. The SMILES string of the molecule is c1ccc(-n2c3ccccc3c3cc4c5ccccc5n(-c5ccc6c(c5)-c5ccccc5-c5ccccc5-c5ccccc5-6)c4cc32)cc1. The van der Waals surface area contributed by atoms with Crippen LogP contribution in [0, 0.1) is 0 Å². The van der Waals surface area contributed by atoms with Crippen LogP contribution in [-0.4, -0.2) is 9.13 Å². The molecule has 0 bridgehead atoms. The first kappa shape index (κ1) is 27.3. The van der Waals surface area contributed by atoms with E-state index in [2.05, 4.69) is 191 Å². The number of para-hydroxylation sites is 3. The first-order valence-electron chi connectivity index (χ1n) is 17.3. The van der Waals surface area contributed by atoms with E-state index < -0.39 is 0 Å². The van der Waals surface area contributed by atoms with Crippen molar-refractivity contribution in [3.05, 3.63) is 182 Å². The van der Waals surface area contributed by atoms with E-state index >= 15 is 0 Å². The van der Waals surface area contributed by atoms with Gasteiger partial charge in [0.1, 0.15) is 0 Å². The summed E-state index contributed by atoms with van der Waals surface area (Å²) >= 11 is 0. The molecule has 0 saturated carbocycles. The number of benzene rings is 8. The van der Waals surface area contributed by atoms with Gasteiger partial charge in [0.2, 0.25) is 0 Å². The number of hydrogen-bond acceptors (Lipinski definition) is 0. The van der Waals surface area contributed by atoms with Gasteiger partial charge in [0.15, 0.2) is 0 Å². The maximum absolute atomic E-state index is 2.47. The third-order valence-corrected chi connectivity index (χ3v) is 10.7. The van der Waals surface area contributed by atoms with E-state index in [9.17, 15) is 0 Å². The summed E-state index contributed by atoms with van der Waals surface area (Å²) in [6.07, 6.45) is 0. The van der Waals surface area contributed by atoms with Gasteiger partial charge in [-0.1, -0.05) is 133 Å². The molecule has 0 atom stereocenters. The predicted octanol–water partition coefficient (Wildman–Crippen LogP) is 12.9. The van der Waals surface area contributed by atoms with E-state index in [4.69, 9.17) is 0 Å². The summed E-state index contributed by atoms with van der Waals surface area (Å²) in [5, 5.41) is 5.05. The maximum atomic E-state index is 2.47. The van der Waals surface area contributed by atoms with Gasteiger partial charge in [0, 0.05) is 32.9 Å². The minimum atomic E-state index is 1.15. The fraction of sp³-hybridized carbons (Fsp3) is 0. The van der Waals surface area contributed by atoms with Crippen LogP contribution in [0.4, 0.5) is 0 Å². The van der Waals surface area contributed by atoms with Crippen molar-refractivity contribution in [3.63, 3.8) is 0 Å². The zero-order valence-corrected chi connectivity index (χ0v) is 27.2. The average Bonchev–Trinajstić information content (AvgIpc) is 3.68. The average molecular weight is 635 g/mol. The minimum Gasteiger partial charge on any atom is -0.309 e. The molecule has 0 fully saturated rings. The van der Waals surface area contributed by atoms with Gasteiger partial charge in [-0.3, -0.25) is 0 Å². The molecule has 8 aromatic carbocycles. The van der Waals surface area contributed by atoms with Crippen LogP contribution in [0.15, 0.2) is 182 Å². The lowest BCUT2D eigenvalue weighted by Crippen LogP contribution is -2.00. The van der Waals surface area contributed by atoms with Gasteiger partial charge < -0.3 is 9.13 Å². The van der Waals surface area contributed by atoms with Gasteiger partial charge in [0.25, 0.3) is 0 Å². The molecule has 0 radical (unpaired) electrons. The van der Waals surface area contributed by atoms with Gasteiger partial charge in [-0.25, -0.2) is 0 Å². The van der Waals surface area contributed by atoms with Crippen LogP contribution in [0.2, 0.25) is 0 Å². The summed E-state index contributed by atoms with van der Waals surface area (Å²) in [5.41, 5.74) is 17.2. The summed E-state index contributed by atoms with van der Waals surface area (Å²) in [4.78, 5) is 0. The molecule has 0 unspecified atom stereocenters. The lowest BCUT2D eigenvalue weighted by Gasteiger charge is -2.24. The monoisotopic (exact) mass is 634 g/mol. The summed E-state index contributed by atoms with van der Waals surface area (Å²) in [7, 11) is 0. The Labute approximate surface area is 289 Å². The highest BCUT2D eigenvalue weighted by Gasteiger charge is 2.23. The molecule has 2 nitrogen and oxygen atoms in total. The van der Waals surface area contributed by atoms with Crippen molar-refractivity contribution in [3.8, 4) is 55.9 Å². The summed E-state index contributed by atoms with van der Waals surface area (Å²) in [5.74, 6) is 0. The molecular weight excluding hydrogens is 605 g/mol. The fourth-order valence-corrected chi connectivity index (χ4v) is 8.55. The van der Waals surface area contributed by atoms with E-state index in [-0.39, 0.29) is 0 Å². The number of nitrogens with zero attached hydrogens (tertiary/aromatic N) is 2. The quantitative estimate of drug-likeness (QED) is 0.179. The Kier molecular flexibility index (Phi) is 5.70. The predicted molar refractivity (Wildman–Crippen MR) is 210 cm³/mol. The molecule has 2 heterocycles. The summed E-state index contributed by atoms with van der Waals surface area (Å²) in [6.45, 7) is 0. The van der Waals surface area contributed by atoms with Crippen molar-refractivity contribution in [1.29, 1.82) is 0 Å². The zero-order chi connectivity index (χ0) is 32.8. The Bertz CT molecular complexity index is 2970. The van der Waals surface area contributed by atoms with Crippen molar-refractivity contribution in [1.82, 2.24) is 9.13 Å². The largest absolute Gasteiger partial charge is 0.309 e. The van der Waals surface area contributed by atoms with Crippen LogP contribution >= 0.6 is 0 Å². The molecule has 232 valence electrons. The molecule has 50 heavy (non-hydrogen) atoms. The molecule has 1 aliphatic carbocycles. The van der Waals surface area contributed by atoms with Crippen LogP contribution in [0.5, 0.6) is 0 Å². The molecule has 2 aromatic heterocycles. The van der Waals surface area contributed by atoms with Gasteiger partial charge in [-0.05, 0) is 93.0 Å². The van der Waals surface area contributed by atoms with Crippen LogP contribution < -0.4 is 0 Å². The third-order valence-electron chi connectivity index (χ3n) is 10.7. The summed E-state index contributed by atoms with van der Waals surface area (Å²) in [6, 6.07) is 66.9. The molecule has 1 aliphatic rings. The molecule has 0 N–H and O–H groups in total. The van der Waals surface area contributed by atoms with E-state index in [1.54, 1.807) is 0 Å². The molecule has 0 saturated heterocycles. The smallest absolute Gasteiger partial charge is 0.0562 e. The highest BCUT2D eigenvalue weighted by Crippen LogP contribution is 2.48. The standard InChI is InChI=1S/C48H30N2/c1-2-14-31(15-3-1)49-45-24-12-10-22-40(45)43-29-44-41-23-11-13-25-46(41)50(48(44)30-47(43)49)32-26-27-39-37-20-7-6-18-35(37)33-16-4-5-17-34(33)36-19-8-9-21-38(36)42(39)28-32/h1-30H. The van der Waals surface area contributed by atoms with Crippen LogP contribution in [0.3, 0.4) is 0 Å². The highest BCUT2D eigenvalue weighted by atomic mass is 15.0. The number of hydrogen-bond donors (Lipinski definition) is 0. The van der Waals surface area contributed by atoms with E-state index in [1.807, 2.05) is 0 Å². The second kappa shape index (κ2) is 10.4. The van der Waals surface area contributed by atoms with Crippen LogP contribution in [0.1, 0.15) is 0 Å². The van der Waals surface area contributed by atoms with E-state index in [0.29, 0.717) is 0 Å². The first-order chi connectivity index (χ1) is 24.8. The number of aromatic nitrogens is 2.